The van der Waals surface area contributed by atoms with E-state index in [4.69, 9.17) is 11.6 Å². The van der Waals surface area contributed by atoms with Gasteiger partial charge in [0.05, 0.1) is 0 Å². The summed E-state index contributed by atoms with van der Waals surface area (Å²) in [6.07, 6.45) is 8.35. The number of halogens is 1. The number of likely N-dealkylation sites (N-methyl/N-ethyl adjacent to an activating group) is 1. The van der Waals surface area contributed by atoms with Crippen molar-refractivity contribution in [2.45, 2.75) is 46.0 Å². The lowest BCUT2D eigenvalue weighted by molar-refractivity contribution is 0.633. The van der Waals surface area contributed by atoms with Crippen LogP contribution >= 0.6 is 11.6 Å². The molecule has 0 N–H and O–H groups in total. The third-order valence-corrected chi connectivity index (χ3v) is 5.77. The van der Waals surface area contributed by atoms with Crippen molar-refractivity contribution in [1.82, 2.24) is 0 Å². The van der Waals surface area contributed by atoms with Gasteiger partial charge in [0.15, 0.2) is 0 Å². The molecule has 1 aromatic carbocycles. The van der Waals surface area contributed by atoms with Crippen LogP contribution in [0.1, 0.15) is 44.7 Å². The Hall–Kier alpha value is -1.73. The number of allylic oxidation sites excluding steroid dienone is 7. The first kappa shape index (κ1) is 17.1. The Labute approximate surface area is 151 Å². The lowest BCUT2D eigenvalue weighted by Gasteiger charge is -2.26. The highest BCUT2D eigenvalue weighted by molar-refractivity contribution is 6.32. The quantitative estimate of drug-likeness (QED) is 0.616. The Morgan fingerprint density at radius 2 is 2.00 bits per heavy atom. The summed E-state index contributed by atoms with van der Waals surface area (Å²) in [5.74, 6) is 0. The molecule has 3 rings (SSSR count). The lowest BCUT2D eigenvalue weighted by Crippen LogP contribution is -2.25. The molecule has 24 heavy (non-hydrogen) atoms. The van der Waals surface area contributed by atoms with Gasteiger partial charge >= 0.3 is 0 Å². The number of rotatable bonds is 3. The van der Waals surface area contributed by atoms with Crippen LogP contribution in [0.5, 0.6) is 0 Å². The smallest absolute Gasteiger partial charge is 0.0470 e. The van der Waals surface area contributed by atoms with Gasteiger partial charge < -0.3 is 4.90 Å². The van der Waals surface area contributed by atoms with Crippen LogP contribution in [0.15, 0.2) is 64.9 Å². The molecule has 0 radical (unpaired) electrons. The van der Waals surface area contributed by atoms with Crippen LogP contribution in [0.25, 0.3) is 0 Å². The van der Waals surface area contributed by atoms with E-state index in [1.165, 1.54) is 33.7 Å². The number of aryl methyl sites for hydroxylation is 1. The molecule has 0 bridgehead atoms. The Morgan fingerprint density at radius 3 is 2.62 bits per heavy atom. The molecule has 1 nitrogen and oxygen atoms in total. The van der Waals surface area contributed by atoms with Gasteiger partial charge in [-0.3, -0.25) is 0 Å². The minimum atomic E-state index is 0.00445. The molecular weight excluding hydrogens is 314 g/mol. The fourth-order valence-electron chi connectivity index (χ4n) is 3.85. The molecule has 2 aliphatic rings. The first-order chi connectivity index (χ1) is 11.4. The van der Waals surface area contributed by atoms with E-state index in [1.807, 2.05) is 6.08 Å². The fourth-order valence-corrected chi connectivity index (χ4v) is 4.18. The van der Waals surface area contributed by atoms with E-state index in [0.717, 1.165) is 24.4 Å². The van der Waals surface area contributed by atoms with Gasteiger partial charge in [-0.15, -0.1) is 0 Å². The number of hydrogen-bond donors (Lipinski definition) is 0. The minimum Gasteiger partial charge on any atom is -0.344 e. The van der Waals surface area contributed by atoms with Gasteiger partial charge in [-0.1, -0.05) is 61.9 Å². The SMILES string of the molecule is C=CC1=C(Cl)/C(=C/C=C2/N(CC)c3ccc(C)cc3C2(C)C)CC1. The third-order valence-electron chi connectivity index (χ3n) is 5.28. The van der Waals surface area contributed by atoms with Crippen molar-refractivity contribution in [2.24, 2.45) is 0 Å². The van der Waals surface area contributed by atoms with Gasteiger partial charge in [0, 0.05) is 28.4 Å². The molecule has 1 heterocycles. The van der Waals surface area contributed by atoms with Crippen molar-refractivity contribution in [3.63, 3.8) is 0 Å². The highest BCUT2D eigenvalue weighted by Gasteiger charge is 2.39. The number of fused-ring (bicyclic) bond motifs is 1. The molecule has 0 aromatic heterocycles. The highest BCUT2D eigenvalue weighted by Crippen LogP contribution is 2.48. The van der Waals surface area contributed by atoms with Crippen LogP contribution in [-0.4, -0.2) is 6.54 Å². The third kappa shape index (κ3) is 2.65. The average molecular weight is 340 g/mol. The van der Waals surface area contributed by atoms with Crippen LogP contribution < -0.4 is 4.90 Å². The predicted molar refractivity (Wildman–Crippen MR) is 106 cm³/mol. The van der Waals surface area contributed by atoms with E-state index < -0.39 is 0 Å². The van der Waals surface area contributed by atoms with Crippen molar-refractivity contribution < 1.29 is 0 Å². The average Bonchev–Trinajstić information content (AvgIpc) is 3.00. The summed E-state index contributed by atoms with van der Waals surface area (Å²) in [6.45, 7) is 13.8. The molecule has 0 fully saturated rings. The molecular formula is C22H26ClN. The van der Waals surface area contributed by atoms with Crippen LogP contribution in [0, 0.1) is 6.92 Å². The zero-order valence-electron chi connectivity index (χ0n) is 15.1. The Bertz CT molecular complexity index is 777. The maximum Gasteiger partial charge on any atom is 0.0470 e. The summed E-state index contributed by atoms with van der Waals surface area (Å²) in [5, 5.41) is 0.883. The van der Waals surface area contributed by atoms with Gasteiger partial charge in [0.2, 0.25) is 0 Å². The summed E-state index contributed by atoms with van der Waals surface area (Å²) >= 11 is 6.48. The molecule has 0 saturated heterocycles. The van der Waals surface area contributed by atoms with Crippen LogP contribution in [-0.2, 0) is 5.41 Å². The summed E-state index contributed by atoms with van der Waals surface area (Å²) in [7, 11) is 0. The van der Waals surface area contributed by atoms with E-state index in [-0.39, 0.29) is 5.41 Å². The second-order valence-electron chi connectivity index (χ2n) is 7.18. The van der Waals surface area contributed by atoms with Crippen LogP contribution in [0.4, 0.5) is 5.69 Å². The number of nitrogens with zero attached hydrogens (tertiary/aromatic N) is 1. The summed E-state index contributed by atoms with van der Waals surface area (Å²) in [5.41, 5.74) is 7.79. The fraction of sp³-hybridized carbons (Fsp3) is 0.364. The molecule has 126 valence electrons. The van der Waals surface area contributed by atoms with E-state index in [2.05, 4.69) is 69.5 Å². The van der Waals surface area contributed by atoms with E-state index >= 15 is 0 Å². The van der Waals surface area contributed by atoms with Gasteiger partial charge in [-0.25, -0.2) is 0 Å². The molecule has 0 atom stereocenters. The standard InChI is InChI=1S/C22H26ClN/c1-6-16-9-10-17(21(16)23)11-13-20-22(4,5)18-14-15(3)8-12-19(18)24(20)7-2/h6,8,11-14H,1,7,9-10H2,2-5H3/b17-11+,20-13+. The van der Waals surface area contributed by atoms with Crippen molar-refractivity contribution in [3.05, 3.63) is 76.0 Å². The van der Waals surface area contributed by atoms with Crippen molar-refractivity contribution in [1.29, 1.82) is 0 Å². The first-order valence-corrected chi connectivity index (χ1v) is 9.09. The van der Waals surface area contributed by atoms with Crippen LogP contribution in [0.3, 0.4) is 0 Å². The lowest BCUT2D eigenvalue weighted by atomic mass is 9.83. The van der Waals surface area contributed by atoms with Crippen molar-refractivity contribution in [2.75, 3.05) is 11.4 Å². The Kier molecular flexibility index (Phi) is 4.48. The molecule has 1 aliphatic carbocycles. The van der Waals surface area contributed by atoms with E-state index in [9.17, 15) is 0 Å². The van der Waals surface area contributed by atoms with E-state index in [0.29, 0.717) is 0 Å². The topological polar surface area (TPSA) is 3.24 Å². The van der Waals surface area contributed by atoms with Crippen molar-refractivity contribution in [3.8, 4) is 0 Å². The molecule has 0 amide bonds. The Balaban J connectivity index is 2.05. The van der Waals surface area contributed by atoms with Crippen LogP contribution in [0.2, 0.25) is 0 Å². The Morgan fingerprint density at radius 1 is 1.25 bits per heavy atom. The van der Waals surface area contributed by atoms with Gasteiger partial charge in [-0.2, -0.15) is 0 Å². The summed E-state index contributed by atoms with van der Waals surface area (Å²) in [4.78, 5) is 2.42. The zero-order valence-corrected chi connectivity index (χ0v) is 15.9. The summed E-state index contributed by atoms with van der Waals surface area (Å²) < 4.78 is 0. The van der Waals surface area contributed by atoms with E-state index in [1.54, 1.807) is 0 Å². The van der Waals surface area contributed by atoms with Gasteiger partial charge in [0.1, 0.15) is 0 Å². The second-order valence-corrected chi connectivity index (χ2v) is 7.55. The highest BCUT2D eigenvalue weighted by atomic mass is 35.5. The summed E-state index contributed by atoms with van der Waals surface area (Å²) in [6, 6.07) is 6.78. The molecule has 0 unspecified atom stereocenters. The monoisotopic (exact) mass is 339 g/mol. The van der Waals surface area contributed by atoms with Gasteiger partial charge in [0.25, 0.3) is 0 Å². The molecule has 0 saturated carbocycles. The molecule has 0 spiro atoms. The largest absolute Gasteiger partial charge is 0.344 e. The molecule has 1 aromatic rings. The number of hydrogen-bond acceptors (Lipinski definition) is 1. The second kappa shape index (κ2) is 6.29. The number of anilines is 1. The first-order valence-electron chi connectivity index (χ1n) is 8.71. The van der Waals surface area contributed by atoms with Gasteiger partial charge in [-0.05, 0) is 55.5 Å². The minimum absolute atomic E-state index is 0.00445. The normalized spacial score (nSPS) is 22.6. The number of benzene rings is 1. The predicted octanol–water partition coefficient (Wildman–Crippen LogP) is 6.40. The van der Waals surface area contributed by atoms with Crippen molar-refractivity contribution >= 4 is 17.3 Å². The molecule has 2 heteroatoms. The zero-order chi connectivity index (χ0) is 17.5. The molecule has 1 aliphatic heterocycles. The maximum absolute atomic E-state index is 6.48. The maximum atomic E-state index is 6.48.